The first-order valence-corrected chi connectivity index (χ1v) is 7.57. The maximum atomic E-state index is 12.7. The summed E-state index contributed by atoms with van der Waals surface area (Å²) in [5.41, 5.74) is 0.784. The van der Waals surface area contributed by atoms with Crippen LogP contribution in [0.5, 0.6) is 5.75 Å². The first-order valence-electron chi connectivity index (χ1n) is 7.57. The molecule has 0 fully saturated rings. The molecule has 0 aliphatic heterocycles. The maximum absolute atomic E-state index is 12.7. The molecule has 0 radical (unpaired) electrons. The predicted molar refractivity (Wildman–Crippen MR) is 87.7 cm³/mol. The number of methoxy groups -OCH3 is 1. The number of hydrogen-bond donors (Lipinski definition) is 0. The Balaban J connectivity index is 2.73. The zero-order valence-corrected chi connectivity index (χ0v) is 13.5. The van der Waals surface area contributed by atoms with Crippen molar-refractivity contribution in [3.05, 3.63) is 40.2 Å². The molecule has 0 bridgehead atoms. The Bertz CT molecular complexity index is 745. The van der Waals surface area contributed by atoms with Gasteiger partial charge in [0.25, 0.3) is 5.91 Å². The van der Waals surface area contributed by atoms with E-state index < -0.39 is 0 Å². The number of fused-ring (bicyclic) bond motifs is 1. The lowest BCUT2D eigenvalue weighted by molar-refractivity contribution is 0.0771. The molecule has 2 aromatic rings. The van der Waals surface area contributed by atoms with Crippen molar-refractivity contribution in [3.63, 3.8) is 0 Å². The Morgan fingerprint density at radius 3 is 2.45 bits per heavy atom. The highest BCUT2D eigenvalue weighted by Crippen LogP contribution is 2.19. The highest BCUT2D eigenvalue weighted by molar-refractivity contribution is 5.97. The Morgan fingerprint density at radius 1 is 1.23 bits per heavy atom. The maximum Gasteiger partial charge on any atom is 0.259 e. The lowest BCUT2D eigenvalue weighted by Crippen LogP contribution is -2.34. The molecule has 0 atom stereocenters. The summed E-state index contributed by atoms with van der Waals surface area (Å²) in [6.45, 7) is 7.64. The third kappa shape index (κ3) is 2.71. The van der Waals surface area contributed by atoms with Gasteiger partial charge >= 0.3 is 0 Å². The number of nitrogens with zero attached hydrogens (tertiary/aromatic N) is 2. The fourth-order valence-electron chi connectivity index (χ4n) is 2.60. The number of aryl methyl sites for hydroxylation is 1. The largest absolute Gasteiger partial charge is 0.497 e. The van der Waals surface area contributed by atoms with E-state index in [1.165, 1.54) is 0 Å². The van der Waals surface area contributed by atoms with Gasteiger partial charge in [0, 0.05) is 25.8 Å². The van der Waals surface area contributed by atoms with Gasteiger partial charge in [0.05, 0.1) is 18.0 Å². The highest BCUT2D eigenvalue weighted by atomic mass is 16.5. The van der Waals surface area contributed by atoms with Crippen LogP contribution in [-0.4, -0.2) is 35.6 Å². The molecule has 0 spiro atoms. The Labute approximate surface area is 130 Å². The van der Waals surface area contributed by atoms with Gasteiger partial charge in [0.2, 0.25) is 5.43 Å². The summed E-state index contributed by atoms with van der Waals surface area (Å²) in [6.07, 6.45) is 1.66. The number of amides is 1. The van der Waals surface area contributed by atoms with E-state index in [0.717, 1.165) is 5.52 Å². The second-order valence-corrected chi connectivity index (χ2v) is 5.02. The van der Waals surface area contributed by atoms with Gasteiger partial charge in [0.1, 0.15) is 11.3 Å². The van der Waals surface area contributed by atoms with Gasteiger partial charge in [-0.25, -0.2) is 0 Å². The average molecular weight is 302 g/mol. The number of rotatable bonds is 5. The van der Waals surface area contributed by atoms with Gasteiger partial charge in [-0.15, -0.1) is 0 Å². The molecule has 1 aromatic heterocycles. The number of carbonyl (C=O) groups is 1. The zero-order valence-electron chi connectivity index (χ0n) is 13.5. The number of ether oxygens (including phenoxy) is 1. The van der Waals surface area contributed by atoms with Crippen molar-refractivity contribution in [1.29, 1.82) is 0 Å². The van der Waals surface area contributed by atoms with Gasteiger partial charge in [-0.1, -0.05) is 0 Å². The van der Waals surface area contributed by atoms with E-state index in [1.54, 1.807) is 24.3 Å². The molecular weight excluding hydrogens is 280 g/mol. The minimum absolute atomic E-state index is 0.214. The molecule has 5 nitrogen and oxygen atoms in total. The molecule has 1 aromatic carbocycles. The van der Waals surface area contributed by atoms with Crippen LogP contribution in [0.15, 0.2) is 29.2 Å². The number of aromatic nitrogens is 1. The smallest absolute Gasteiger partial charge is 0.259 e. The van der Waals surface area contributed by atoms with Crippen molar-refractivity contribution in [2.24, 2.45) is 0 Å². The topological polar surface area (TPSA) is 51.5 Å². The molecule has 1 amide bonds. The van der Waals surface area contributed by atoms with E-state index in [1.807, 2.05) is 37.5 Å². The van der Waals surface area contributed by atoms with Crippen molar-refractivity contribution < 1.29 is 9.53 Å². The van der Waals surface area contributed by atoms with E-state index >= 15 is 0 Å². The lowest BCUT2D eigenvalue weighted by atomic mass is 10.1. The van der Waals surface area contributed by atoms with Crippen molar-refractivity contribution in [1.82, 2.24) is 9.47 Å². The summed E-state index contributed by atoms with van der Waals surface area (Å²) in [7, 11) is 1.56. The van der Waals surface area contributed by atoms with Crippen molar-refractivity contribution in [2.75, 3.05) is 20.2 Å². The molecule has 22 heavy (non-hydrogen) atoms. The lowest BCUT2D eigenvalue weighted by Gasteiger charge is -2.19. The van der Waals surface area contributed by atoms with Crippen molar-refractivity contribution in [2.45, 2.75) is 27.3 Å². The van der Waals surface area contributed by atoms with Crippen LogP contribution in [0.3, 0.4) is 0 Å². The summed E-state index contributed by atoms with van der Waals surface area (Å²) in [6, 6.07) is 5.37. The molecule has 0 aliphatic carbocycles. The molecule has 0 saturated heterocycles. The predicted octanol–water partition coefficient (Wildman–Crippen LogP) is 2.51. The van der Waals surface area contributed by atoms with E-state index in [9.17, 15) is 9.59 Å². The van der Waals surface area contributed by atoms with Crippen LogP contribution in [0.1, 0.15) is 31.1 Å². The second-order valence-electron chi connectivity index (χ2n) is 5.02. The monoisotopic (exact) mass is 302 g/mol. The third-order valence-electron chi connectivity index (χ3n) is 3.91. The van der Waals surface area contributed by atoms with Gasteiger partial charge in [-0.3, -0.25) is 9.59 Å². The summed E-state index contributed by atoms with van der Waals surface area (Å²) in [4.78, 5) is 27.0. The molecule has 5 heteroatoms. The molecule has 118 valence electrons. The molecule has 0 aliphatic rings. The van der Waals surface area contributed by atoms with Crippen LogP contribution in [0, 0.1) is 0 Å². The van der Waals surface area contributed by atoms with Crippen LogP contribution in [0.4, 0.5) is 0 Å². The fourth-order valence-corrected chi connectivity index (χ4v) is 2.60. The average Bonchev–Trinajstić information content (AvgIpc) is 2.56. The normalized spacial score (nSPS) is 10.7. The summed E-state index contributed by atoms with van der Waals surface area (Å²) in [5.74, 6) is 0.390. The first-order chi connectivity index (χ1) is 10.6. The molecular formula is C17H22N2O3. The van der Waals surface area contributed by atoms with Crippen molar-refractivity contribution in [3.8, 4) is 5.75 Å². The minimum atomic E-state index is -0.240. The summed E-state index contributed by atoms with van der Waals surface area (Å²) >= 11 is 0. The molecule has 0 saturated carbocycles. The third-order valence-corrected chi connectivity index (χ3v) is 3.91. The summed E-state index contributed by atoms with van der Waals surface area (Å²) in [5, 5.41) is 0.513. The fraction of sp³-hybridized carbons (Fsp3) is 0.412. The SMILES string of the molecule is CCN(CC)C(=O)c1cn(CC)c2ccc(OC)cc2c1=O. The standard InChI is InChI=1S/C17H22N2O3/c1-5-18(6-2)17(21)14-11-19(7-3)15-9-8-12(22-4)10-13(15)16(14)20/h8-11H,5-7H2,1-4H3. The van der Waals surface area contributed by atoms with E-state index in [4.69, 9.17) is 4.74 Å². The van der Waals surface area contributed by atoms with E-state index in [-0.39, 0.29) is 16.9 Å². The van der Waals surface area contributed by atoms with Gasteiger partial charge < -0.3 is 14.2 Å². The van der Waals surface area contributed by atoms with Crippen LogP contribution in [0.25, 0.3) is 10.9 Å². The Hall–Kier alpha value is -2.30. The Kier molecular flexibility index (Phi) is 4.85. The highest BCUT2D eigenvalue weighted by Gasteiger charge is 2.19. The Morgan fingerprint density at radius 2 is 1.91 bits per heavy atom. The quantitative estimate of drug-likeness (QED) is 0.852. The zero-order chi connectivity index (χ0) is 16.3. The van der Waals surface area contributed by atoms with Crippen LogP contribution in [0.2, 0.25) is 0 Å². The van der Waals surface area contributed by atoms with Crippen LogP contribution < -0.4 is 10.2 Å². The molecule has 0 unspecified atom stereocenters. The molecule has 0 N–H and O–H groups in total. The number of pyridine rings is 1. The second kappa shape index (κ2) is 6.64. The number of carbonyl (C=O) groups excluding carboxylic acids is 1. The van der Waals surface area contributed by atoms with Gasteiger partial charge in [-0.2, -0.15) is 0 Å². The van der Waals surface area contributed by atoms with Gasteiger partial charge in [0.15, 0.2) is 0 Å². The summed E-state index contributed by atoms with van der Waals surface area (Å²) < 4.78 is 7.12. The van der Waals surface area contributed by atoms with Crippen molar-refractivity contribution >= 4 is 16.8 Å². The van der Waals surface area contributed by atoms with Crippen LogP contribution >= 0.6 is 0 Å². The van der Waals surface area contributed by atoms with E-state index in [0.29, 0.717) is 30.8 Å². The van der Waals surface area contributed by atoms with E-state index in [2.05, 4.69) is 0 Å². The first kappa shape index (κ1) is 16.1. The van der Waals surface area contributed by atoms with Gasteiger partial charge in [-0.05, 0) is 39.0 Å². The number of benzene rings is 1. The number of hydrogen-bond acceptors (Lipinski definition) is 3. The molecule has 1 heterocycles. The molecule has 2 rings (SSSR count). The van der Waals surface area contributed by atoms with Crippen LogP contribution in [-0.2, 0) is 6.54 Å². The minimum Gasteiger partial charge on any atom is -0.497 e.